The van der Waals surface area contributed by atoms with Gasteiger partial charge in [0, 0.05) is 18.0 Å². The van der Waals surface area contributed by atoms with Crippen molar-refractivity contribution >= 4 is 22.8 Å². The maximum Gasteiger partial charge on any atom is 0.269 e. The number of hydrogen-bond acceptors (Lipinski definition) is 9. The van der Waals surface area contributed by atoms with Crippen molar-refractivity contribution < 1.29 is 14.3 Å². The predicted molar refractivity (Wildman–Crippen MR) is 123 cm³/mol. The van der Waals surface area contributed by atoms with Crippen LogP contribution >= 0.6 is 0 Å². The fourth-order valence-corrected chi connectivity index (χ4v) is 3.47. The zero-order valence-corrected chi connectivity index (χ0v) is 18.9. The summed E-state index contributed by atoms with van der Waals surface area (Å²) < 4.78 is 12.1. The molecule has 1 amide bonds. The molecule has 0 bridgehead atoms. The van der Waals surface area contributed by atoms with Crippen molar-refractivity contribution in [2.24, 2.45) is 0 Å². The standard InChI is InChI=1S/C23H24N8O3/c1-13-8-24-7-6-16(13)20-29-21-17(10-27-31-21)23(30-20)34-18(12-33-15-4-3-5-15)22(32)28-19-11-25-14(2)9-26-19/h6-11,15,18H,3-5,12H2,1-2H3,(H,26,28,32)(H,27,29,30,31)/t18-/m0/s1. The molecule has 5 rings (SSSR count). The second-order valence-corrected chi connectivity index (χ2v) is 8.20. The molecular formula is C23H24N8O3. The van der Waals surface area contributed by atoms with Gasteiger partial charge >= 0.3 is 0 Å². The van der Waals surface area contributed by atoms with Crippen molar-refractivity contribution in [3.05, 3.63) is 48.3 Å². The van der Waals surface area contributed by atoms with Gasteiger partial charge in [-0.2, -0.15) is 10.1 Å². The Morgan fingerprint density at radius 1 is 1.18 bits per heavy atom. The first-order valence-electron chi connectivity index (χ1n) is 11.1. The summed E-state index contributed by atoms with van der Waals surface area (Å²) in [7, 11) is 0. The fourth-order valence-electron chi connectivity index (χ4n) is 3.47. The van der Waals surface area contributed by atoms with Crippen LogP contribution in [0.15, 0.2) is 37.1 Å². The number of nitrogens with zero attached hydrogens (tertiary/aromatic N) is 6. The largest absolute Gasteiger partial charge is 0.461 e. The zero-order chi connectivity index (χ0) is 23.5. The van der Waals surface area contributed by atoms with E-state index >= 15 is 0 Å². The minimum Gasteiger partial charge on any atom is -0.461 e. The normalized spacial score (nSPS) is 14.5. The van der Waals surface area contributed by atoms with Gasteiger partial charge in [-0.15, -0.1) is 0 Å². The summed E-state index contributed by atoms with van der Waals surface area (Å²) in [6.45, 7) is 3.82. The van der Waals surface area contributed by atoms with Crippen LogP contribution in [0.3, 0.4) is 0 Å². The lowest BCUT2D eigenvalue weighted by Gasteiger charge is -2.27. The second kappa shape index (κ2) is 9.48. The van der Waals surface area contributed by atoms with Gasteiger partial charge in [0.15, 0.2) is 17.3 Å². The Morgan fingerprint density at radius 2 is 2.06 bits per heavy atom. The molecular weight excluding hydrogens is 436 g/mol. The molecule has 1 aliphatic carbocycles. The molecule has 0 unspecified atom stereocenters. The molecule has 4 aromatic heterocycles. The number of H-pyrrole nitrogens is 1. The number of pyridine rings is 1. The van der Waals surface area contributed by atoms with Gasteiger partial charge in [0.2, 0.25) is 12.0 Å². The van der Waals surface area contributed by atoms with Crippen molar-refractivity contribution in [3.63, 3.8) is 0 Å². The van der Waals surface area contributed by atoms with Gasteiger partial charge in [0.25, 0.3) is 5.91 Å². The Kier molecular flexibility index (Phi) is 6.09. The van der Waals surface area contributed by atoms with Crippen molar-refractivity contribution in [3.8, 4) is 17.3 Å². The molecule has 34 heavy (non-hydrogen) atoms. The van der Waals surface area contributed by atoms with E-state index in [0.29, 0.717) is 22.7 Å². The van der Waals surface area contributed by atoms with Crippen LogP contribution in [0.4, 0.5) is 5.82 Å². The van der Waals surface area contributed by atoms with Gasteiger partial charge in [-0.05, 0) is 44.7 Å². The SMILES string of the molecule is Cc1cnc(NC(=O)[C@H](COC2CCC2)Oc2nc(-c3ccncc3C)nc3[nH]ncc23)cn1. The quantitative estimate of drug-likeness (QED) is 0.406. The molecule has 1 saturated carbocycles. The lowest BCUT2D eigenvalue weighted by molar-refractivity contribution is -0.128. The average molecular weight is 460 g/mol. The minimum absolute atomic E-state index is 0.0722. The molecule has 2 N–H and O–H groups in total. The van der Waals surface area contributed by atoms with E-state index in [1.165, 1.54) is 6.20 Å². The number of nitrogens with one attached hydrogen (secondary N) is 2. The molecule has 0 aliphatic heterocycles. The zero-order valence-electron chi connectivity index (χ0n) is 18.9. The first-order valence-corrected chi connectivity index (χ1v) is 11.1. The first-order chi connectivity index (χ1) is 16.6. The highest BCUT2D eigenvalue weighted by atomic mass is 16.5. The molecule has 0 radical (unpaired) electrons. The van der Waals surface area contributed by atoms with Crippen molar-refractivity contribution in [1.82, 2.24) is 35.1 Å². The molecule has 174 valence electrons. The Hall–Kier alpha value is -3.99. The molecule has 1 fully saturated rings. The maximum absolute atomic E-state index is 13.1. The molecule has 4 heterocycles. The summed E-state index contributed by atoms with van der Waals surface area (Å²) in [6.07, 6.45) is 10.3. The van der Waals surface area contributed by atoms with Gasteiger partial charge in [0.1, 0.15) is 5.39 Å². The number of fused-ring (bicyclic) bond motifs is 1. The molecule has 1 atom stereocenters. The van der Waals surface area contributed by atoms with E-state index in [0.717, 1.165) is 36.1 Å². The van der Waals surface area contributed by atoms with Crippen LogP contribution in [0.5, 0.6) is 5.88 Å². The van der Waals surface area contributed by atoms with Crippen molar-refractivity contribution in [2.45, 2.75) is 45.3 Å². The summed E-state index contributed by atoms with van der Waals surface area (Å²) >= 11 is 0. The Labute approximate surface area is 195 Å². The van der Waals surface area contributed by atoms with Gasteiger partial charge in [0.05, 0.1) is 37.0 Å². The number of hydrogen-bond donors (Lipinski definition) is 2. The number of amides is 1. The lowest BCUT2D eigenvalue weighted by Crippen LogP contribution is -2.39. The van der Waals surface area contributed by atoms with Crippen molar-refractivity contribution in [2.75, 3.05) is 11.9 Å². The molecule has 11 nitrogen and oxygen atoms in total. The smallest absolute Gasteiger partial charge is 0.269 e. The molecule has 0 spiro atoms. The van der Waals surface area contributed by atoms with E-state index in [-0.39, 0.29) is 18.6 Å². The van der Waals surface area contributed by atoms with E-state index in [1.807, 2.05) is 19.9 Å². The minimum atomic E-state index is -0.969. The molecule has 11 heteroatoms. The number of aryl methyl sites for hydroxylation is 2. The van der Waals surface area contributed by atoms with Crippen LogP contribution in [0, 0.1) is 13.8 Å². The van der Waals surface area contributed by atoms with Crippen LogP contribution < -0.4 is 10.1 Å². The highest BCUT2D eigenvalue weighted by Gasteiger charge is 2.27. The number of aromatic nitrogens is 7. The van der Waals surface area contributed by atoms with Crippen LogP contribution in [0.2, 0.25) is 0 Å². The van der Waals surface area contributed by atoms with Crippen LogP contribution in [-0.4, -0.2) is 59.8 Å². The highest BCUT2D eigenvalue weighted by molar-refractivity contribution is 5.94. The third-order valence-electron chi connectivity index (χ3n) is 5.65. The summed E-state index contributed by atoms with van der Waals surface area (Å²) in [4.78, 5) is 34.8. The van der Waals surface area contributed by atoms with Crippen molar-refractivity contribution in [1.29, 1.82) is 0 Å². The third-order valence-corrected chi connectivity index (χ3v) is 5.65. The van der Waals surface area contributed by atoms with E-state index in [9.17, 15) is 4.79 Å². The fraction of sp³-hybridized carbons (Fsp3) is 0.348. The molecule has 0 saturated heterocycles. The first kappa shape index (κ1) is 21.8. The number of ether oxygens (including phenoxy) is 2. The summed E-state index contributed by atoms with van der Waals surface area (Å²) in [5.74, 6) is 0.596. The molecule has 1 aliphatic rings. The molecule has 0 aromatic carbocycles. The Bertz CT molecular complexity index is 1300. The van der Waals surface area contributed by atoms with E-state index < -0.39 is 12.0 Å². The van der Waals surface area contributed by atoms with Crippen LogP contribution in [0.25, 0.3) is 22.4 Å². The second-order valence-electron chi connectivity index (χ2n) is 8.20. The number of carbonyl (C=O) groups is 1. The topological polar surface area (TPSA) is 141 Å². The summed E-state index contributed by atoms with van der Waals surface area (Å²) in [6, 6.07) is 1.83. The van der Waals surface area contributed by atoms with Gasteiger partial charge in [-0.3, -0.25) is 19.9 Å². The number of carbonyl (C=O) groups excluding carboxylic acids is 1. The Morgan fingerprint density at radius 3 is 2.79 bits per heavy atom. The predicted octanol–water partition coefficient (Wildman–Crippen LogP) is 2.78. The van der Waals surface area contributed by atoms with Crippen LogP contribution in [-0.2, 0) is 9.53 Å². The van der Waals surface area contributed by atoms with Gasteiger partial charge < -0.3 is 14.8 Å². The van der Waals surface area contributed by atoms with E-state index in [1.54, 1.807) is 24.8 Å². The number of anilines is 1. The number of aromatic amines is 1. The van der Waals surface area contributed by atoms with E-state index in [2.05, 4.69) is 40.4 Å². The average Bonchev–Trinajstić information content (AvgIpc) is 3.28. The van der Waals surface area contributed by atoms with Gasteiger partial charge in [-0.25, -0.2) is 9.97 Å². The van der Waals surface area contributed by atoms with Crippen LogP contribution in [0.1, 0.15) is 30.5 Å². The monoisotopic (exact) mass is 460 g/mol. The lowest BCUT2D eigenvalue weighted by atomic mass is 9.96. The maximum atomic E-state index is 13.1. The van der Waals surface area contributed by atoms with E-state index in [4.69, 9.17) is 9.47 Å². The Balaban J connectivity index is 1.45. The van der Waals surface area contributed by atoms with Gasteiger partial charge in [-0.1, -0.05) is 0 Å². The molecule has 4 aromatic rings. The third kappa shape index (κ3) is 4.69. The number of rotatable bonds is 8. The summed E-state index contributed by atoms with van der Waals surface area (Å²) in [5, 5.41) is 10.2. The summed E-state index contributed by atoms with van der Waals surface area (Å²) in [5.41, 5.74) is 2.96. The highest BCUT2D eigenvalue weighted by Crippen LogP contribution is 2.28.